The van der Waals surface area contributed by atoms with Crippen LogP contribution >= 0.6 is 0 Å². The molecule has 0 amide bonds. The molecule has 0 saturated carbocycles. The van der Waals surface area contributed by atoms with Crippen molar-refractivity contribution in [3.8, 4) is 0 Å². The number of rotatable bonds is 1. The van der Waals surface area contributed by atoms with E-state index in [0.717, 1.165) is 18.2 Å². The molecule has 12 heavy (non-hydrogen) atoms. The van der Waals surface area contributed by atoms with E-state index in [1.807, 2.05) is 0 Å². The molecule has 1 aromatic rings. The molecule has 1 aromatic carbocycles. The van der Waals surface area contributed by atoms with Gasteiger partial charge in [-0.15, -0.1) is 0 Å². The van der Waals surface area contributed by atoms with E-state index >= 15 is 0 Å². The van der Waals surface area contributed by atoms with E-state index in [0.29, 0.717) is 0 Å². The molecule has 0 aliphatic heterocycles. The molecule has 1 rings (SSSR count). The van der Waals surface area contributed by atoms with Gasteiger partial charge in [0.15, 0.2) is 0 Å². The molecule has 5 heteroatoms. The standard InChI is InChI=1S/C7H4F2O3/c8-4-2-1-3-5(9)6(4)7(10)12-11/h1-3,11H. The zero-order chi connectivity index (χ0) is 9.14. The Balaban J connectivity index is 3.21. The first-order valence-corrected chi connectivity index (χ1v) is 2.96. The number of carbonyl (C=O) groups excluding carboxylic acids is 1. The highest BCUT2D eigenvalue weighted by molar-refractivity contribution is 5.89. The first kappa shape index (κ1) is 8.61. The predicted molar refractivity (Wildman–Crippen MR) is 34.4 cm³/mol. The Hall–Kier alpha value is -1.49. The minimum atomic E-state index is -1.45. The molecule has 0 saturated heterocycles. The number of hydrogen-bond donors (Lipinski definition) is 1. The van der Waals surface area contributed by atoms with Crippen LogP contribution in [0.2, 0.25) is 0 Å². The molecule has 0 radical (unpaired) electrons. The quantitative estimate of drug-likeness (QED) is 0.519. The lowest BCUT2D eigenvalue weighted by atomic mass is 10.2. The van der Waals surface area contributed by atoms with Crippen LogP contribution in [0.3, 0.4) is 0 Å². The van der Waals surface area contributed by atoms with Crippen LogP contribution in [-0.2, 0) is 4.89 Å². The molecule has 0 fully saturated rings. The van der Waals surface area contributed by atoms with Gasteiger partial charge in [0.05, 0.1) is 0 Å². The van der Waals surface area contributed by atoms with Crippen molar-refractivity contribution in [2.24, 2.45) is 0 Å². The summed E-state index contributed by atoms with van der Waals surface area (Å²) in [6.45, 7) is 0. The monoisotopic (exact) mass is 174 g/mol. The van der Waals surface area contributed by atoms with Gasteiger partial charge >= 0.3 is 5.97 Å². The Labute approximate surface area is 66.1 Å². The fourth-order valence-electron chi connectivity index (χ4n) is 0.738. The largest absolute Gasteiger partial charge is 0.378 e. The van der Waals surface area contributed by atoms with E-state index in [1.54, 1.807) is 0 Å². The molecule has 0 spiro atoms. The predicted octanol–water partition coefficient (Wildman–Crippen LogP) is 1.59. The third-order valence-electron chi connectivity index (χ3n) is 1.25. The second kappa shape index (κ2) is 3.27. The van der Waals surface area contributed by atoms with E-state index in [9.17, 15) is 13.6 Å². The summed E-state index contributed by atoms with van der Waals surface area (Å²) in [5.74, 6) is -3.60. The molecule has 0 heterocycles. The fourth-order valence-corrected chi connectivity index (χ4v) is 0.738. The molecule has 0 aromatic heterocycles. The SMILES string of the molecule is O=C(OO)c1c(F)cccc1F. The average Bonchev–Trinajstić information content (AvgIpc) is 2.03. The minimum Gasteiger partial charge on any atom is -0.295 e. The maximum absolute atomic E-state index is 12.6. The highest BCUT2D eigenvalue weighted by atomic mass is 19.1. The van der Waals surface area contributed by atoms with Gasteiger partial charge in [-0.2, -0.15) is 5.26 Å². The lowest BCUT2D eigenvalue weighted by Crippen LogP contribution is -2.07. The second-order valence-corrected chi connectivity index (χ2v) is 1.98. The highest BCUT2D eigenvalue weighted by Crippen LogP contribution is 2.12. The summed E-state index contributed by atoms with van der Waals surface area (Å²) >= 11 is 0. The zero-order valence-corrected chi connectivity index (χ0v) is 5.75. The smallest absolute Gasteiger partial charge is 0.295 e. The van der Waals surface area contributed by atoms with Gasteiger partial charge in [0.1, 0.15) is 17.2 Å². The number of hydrogen-bond acceptors (Lipinski definition) is 3. The van der Waals surface area contributed by atoms with Gasteiger partial charge in [0.25, 0.3) is 0 Å². The van der Waals surface area contributed by atoms with Crippen LogP contribution < -0.4 is 0 Å². The summed E-state index contributed by atoms with van der Waals surface area (Å²) in [7, 11) is 0. The summed E-state index contributed by atoms with van der Waals surface area (Å²) in [4.78, 5) is 13.7. The van der Waals surface area contributed by atoms with Crippen molar-refractivity contribution in [2.75, 3.05) is 0 Å². The summed E-state index contributed by atoms with van der Waals surface area (Å²) in [5.41, 5.74) is -0.903. The molecule has 0 unspecified atom stereocenters. The van der Waals surface area contributed by atoms with Crippen molar-refractivity contribution in [3.63, 3.8) is 0 Å². The van der Waals surface area contributed by atoms with Gasteiger partial charge in [-0.1, -0.05) is 6.07 Å². The molecule has 0 aliphatic carbocycles. The minimum absolute atomic E-state index is 0.884. The Morgan fingerprint density at radius 1 is 1.33 bits per heavy atom. The molecule has 3 nitrogen and oxygen atoms in total. The van der Waals surface area contributed by atoms with Gasteiger partial charge in [-0.05, 0) is 12.1 Å². The molecule has 1 N–H and O–H groups in total. The van der Waals surface area contributed by atoms with Crippen molar-refractivity contribution in [1.82, 2.24) is 0 Å². The number of halogens is 2. The molecule has 0 bridgehead atoms. The number of benzene rings is 1. The maximum Gasteiger partial charge on any atom is 0.378 e. The average molecular weight is 174 g/mol. The third-order valence-corrected chi connectivity index (χ3v) is 1.25. The van der Waals surface area contributed by atoms with Crippen LogP contribution in [0.4, 0.5) is 8.78 Å². The molecule has 0 atom stereocenters. The Morgan fingerprint density at radius 3 is 2.25 bits per heavy atom. The summed E-state index contributed by atoms with van der Waals surface area (Å²) in [6.07, 6.45) is 0. The first-order valence-electron chi connectivity index (χ1n) is 2.96. The van der Waals surface area contributed by atoms with E-state index in [4.69, 9.17) is 5.26 Å². The summed E-state index contributed by atoms with van der Waals surface area (Å²) < 4.78 is 25.3. The molecular formula is C7H4F2O3. The van der Waals surface area contributed by atoms with E-state index in [1.165, 1.54) is 0 Å². The Bertz CT molecular complexity index is 291. The summed E-state index contributed by atoms with van der Waals surface area (Å²) in [5, 5.41) is 7.85. The van der Waals surface area contributed by atoms with Gasteiger partial charge in [-0.3, -0.25) is 4.89 Å². The van der Waals surface area contributed by atoms with Gasteiger partial charge in [0.2, 0.25) is 0 Å². The van der Waals surface area contributed by atoms with E-state index < -0.39 is 23.2 Å². The molecule has 0 aliphatic rings. The van der Waals surface area contributed by atoms with Crippen LogP contribution in [0, 0.1) is 11.6 Å². The molecular weight excluding hydrogens is 170 g/mol. The van der Waals surface area contributed by atoms with Crippen LogP contribution in [0.5, 0.6) is 0 Å². The van der Waals surface area contributed by atoms with E-state index in [2.05, 4.69) is 4.89 Å². The van der Waals surface area contributed by atoms with Crippen LogP contribution in [-0.4, -0.2) is 11.2 Å². The van der Waals surface area contributed by atoms with Crippen LogP contribution in [0.1, 0.15) is 10.4 Å². The summed E-state index contributed by atoms with van der Waals surface area (Å²) in [6, 6.07) is 2.86. The molecule has 64 valence electrons. The van der Waals surface area contributed by atoms with Gasteiger partial charge in [0, 0.05) is 0 Å². The second-order valence-electron chi connectivity index (χ2n) is 1.98. The number of carbonyl (C=O) groups is 1. The topological polar surface area (TPSA) is 46.5 Å². The lowest BCUT2D eigenvalue weighted by molar-refractivity contribution is -0.183. The maximum atomic E-state index is 12.6. The van der Waals surface area contributed by atoms with Crippen LogP contribution in [0.15, 0.2) is 18.2 Å². The fraction of sp³-hybridized carbons (Fsp3) is 0. The lowest BCUT2D eigenvalue weighted by Gasteiger charge is -1.98. The zero-order valence-electron chi connectivity index (χ0n) is 5.75. The first-order chi connectivity index (χ1) is 5.66. The van der Waals surface area contributed by atoms with Gasteiger partial charge < -0.3 is 0 Å². The highest BCUT2D eigenvalue weighted by Gasteiger charge is 2.17. The van der Waals surface area contributed by atoms with Crippen molar-refractivity contribution in [3.05, 3.63) is 35.4 Å². The van der Waals surface area contributed by atoms with E-state index in [-0.39, 0.29) is 0 Å². The third kappa shape index (κ3) is 1.40. The Morgan fingerprint density at radius 2 is 1.83 bits per heavy atom. The van der Waals surface area contributed by atoms with Crippen molar-refractivity contribution >= 4 is 5.97 Å². The van der Waals surface area contributed by atoms with Crippen molar-refractivity contribution in [2.45, 2.75) is 0 Å². The van der Waals surface area contributed by atoms with Crippen LogP contribution in [0.25, 0.3) is 0 Å². The Kier molecular flexibility index (Phi) is 2.35. The van der Waals surface area contributed by atoms with Crippen molar-refractivity contribution < 1.29 is 23.7 Å². The normalized spacial score (nSPS) is 9.58. The van der Waals surface area contributed by atoms with Gasteiger partial charge in [-0.25, -0.2) is 13.6 Å². The van der Waals surface area contributed by atoms with Crippen molar-refractivity contribution in [1.29, 1.82) is 0 Å².